The van der Waals surface area contributed by atoms with Gasteiger partial charge in [-0.15, -0.1) is 0 Å². The van der Waals surface area contributed by atoms with E-state index in [1.54, 1.807) is 0 Å². The van der Waals surface area contributed by atoms with E-state index >= 15 is 0 Å². The summed E-state index contributed by atoms with van der Waals surface area (Å²) in [5, 5.41) is 12.4. The van der Waals surface area contributed by atoms with Crippen molar-refractivity contribution in [3.63, 3.8) is 0 Å². The zero-order valence-corrected chi connectivity index (χ0v) is 7.21. The van der Waals surface area contributed by atoms with Gasteiger partial charge in [-0.1, -0.05) is 6.92 Å². The highest BCUT2D eigenvalue weighted by Gasteiger charge is 2.17. The molecule has 0 amide bonds. The SMILES string of the molecule is CC[C@@H]1CNCCCN1CO. The maximum absolute atomic E-state index is 9.02. The zero-order valence-electron chi connectivity index (χ0n) is 7.21. The standard InChI is InChI=1S/C8H18N2O/c1-2-8-6-9-4-3-5-10(8)7-11/h8-9,11H,2-7H2,1H3/t8-/m1/s1. The highest BCUT2D eigenvalue weighted by molar-refractivity contribution is 4.74. The number of aliphatic hydroxyl groups is 1. The minimum Gasteiger partial charge on any atom is -0.381 e. The molecule has 0 radical (unpaired) electrons. The van der Waals surface area contributed by atoms with Crippen LogP contribution in [0.1, 0.15) is 19.8 Å². The number of hydrogen-bond donors (Lipinski definition) is 2. The summed E-state index contributed by atoms with van der Waals surface area (Å²) in [6.07, 6.45) is 2.27. The van der Waals surface area contributed by atoms with Gasteiger partial charge in [-0.05, 0) is 19.4 Å². The smallest absolute Gasteiger partial charge is 0.0959 e. The van der Waals surface area contributed by atoms with Crippen molar-refractivity contribution in [2.24, 2.45) is 0 Å². The number of aliphatic hydroxyl groups excluding tert-OH is 1. The molecule has 0 aromatic heterocycles. The second kappa shape index (κ2) is 4.70. The van der Waals surface area contributed by atoms with Gasteiger partial charge in [0, 0.05) is 19.1 Å². The summed E-state index contributed by atoms with van der Waals surface area (Å²) in [7, 11) is 0. The van der Waals surface area contributed by atoms with E-state index in [4.69, 9.17) is 5.11 Å². The summed E-state index contributed by atoms with van der Waals surface area (Å²) in [6, 6.07) is 0.530. The van der Waals surface area contributed by atoms with Gasteiger partial charge < -0.3 is 10.4 Å². The van der Waals surface area contributed by atoms with Crippen molar-refractivity contribution < 1.29 is 5.11 Å². The Labute approximate surface area is 68.4 Å². The average molecular weight is 158 g/mol. The Morgan fingerprint density at radius 3 is 3.09 bits per heavy atom. The molecular formula is C8H18N2O. The van der Waals surface area contributed by atoms with Crippen molar-refractivity contribution in [2.45, 2.75) is 25.8 Å². The Balaban J connectivity index is 2.41. The molecule has 2 N–H and O–H groups in total. The van der Waals surface area contributed by atoms with Gasteiger partial charge in [-0.3, -0.25) is 4.90 Å². The van der Waals surface area contributed by atoms with Gasteiger partial charge in [-0.2, -0.15) is 0 Å². The topological polar surface area (TPSA) is 35.5 Å². The zero-order chi connectivity index (χ0) is 8.10. The van der Waals surface area contributed by atoms with E-state index < -0.39 is 0 Å². The molecule has 0 unspecified atom stereocenters. The van der Waals surface area contributed by atoms with Crippen LogP contribution in [0.3, 0.4) is 0 Å². The molecule has 1 heterocycles. The number of nitrogens with one attached hydrogen (secondary N) is 1. The lowest BCUT2D eigenvalue weighted by Crippen LogP contribution is -2.39. The fourth-order valence-corrected chi connectivity index (χ4v) is 1.58. The fraction of sp³-hybridized carbons (Fsp3) is 1.00. The second-order valence-corrected chi connectivity index (χ2v) is 3.07. The monoisotopic (exact) mass is 158 g/mol. The van der Waals surface area contributed by atoms with E-state index in [1.165, 1.54) is 0 Å². The van der Waals surface area contributed by atoms with E-state index in [0.29, 0.717) is 6.04 Å². The normalized spacial score (nSPS) is 28.4. The molecule has 1 aliphatic heterocycles. The summed E-state index contributed by atoms with van der Waals surface area (Å²) in [5.74, 6) is 0. The van der Waals surface area contributed by atoms with Crippen LogP contribution in [0.5, 0.6) is 0 Å². The molecular weight excluding hydrogens is 140 g/mol. The number of hydrogen-bond acceptors (Lipinski definition) is 3. The first-order valence-electron chi connectivity index (χ1n) is 4.44. The first kappa shape index (κ1) is 8.97. The van der Waals surface area contributed by atoms with Crippen molar-refractivity contribution >= 4 is 0 Å². The Morgan fingerprint density at radius 1 is 1.64 bits per heavy atom. The van der Waals surface area contributed by atoms with Crippen molar-refractivity contribution in [1.29, 1.82) is 0 Å². The van der Waals surface area contributed by atoms with E-state index in [9.17, 15) is 0 Å². The molecule has 0 bridgehead atoms. The Morgan fingerprint density at radius 2 is 2.45 bits per heavy atom. The van der Waals surface area contributed by atoms with Gasteiger partial charge in [0.25, 0.3) is 0 Å². The molecule has 11 heavy (non-hydrogen) atoms. The van der Waals surface area contributed by atoms with Crippen molar-refractivity contribution in [1.82, 2.24) is 10.2 Å². The van der Waals surface area contributed by atoms with Gasteiger partial charge in [-0.25, -0.2) is 0 Å². The highest BCUT2D eigenvalue weighted by Crippen LogP contribution is 2.05. The van der Waals surface area contributed by atoms with Crippen LogP contribution in [0.2, 0.25) is 0 Å². The number of nitrogens with zero attached hydrogens (tertiary/aromatic N) is 1. The predicted octanol–water partition coefficient (Wildman–Crippen LogP) is 0.0101. The molecule has 0 spiro atoms. The van der Waals surface area contributed by atoms with E-state index in [1.807, 2.05) is 0 Å². The third-order valence-corrected chi connectivity index (χ3v) is 2.35. The van der Waals surface area contributed by atoms with E-state index in [2.05, 4.69) is 17.1 Å². The summed E-state index contributed by atoms with van der Waals surface area (Å²) in [5.41, 5.74) is 0. The molecule has 0 aromatic rings. The molecule has 1 fully saturated rings. The lowest BCUT2D eigenvalue weighted by molar-refractivity contribution is 0.0728. The van der Waals surface area contributed by atoms with Crippen LogP contribution in [0.15, 0.2) is 0 Å². The molecule has 0 aromatic carbocycles. The Kier molecular flexibility index (Phi) is 3.83. The summed E-state index contributed by atoms with van der Waals surface area (Å²) in [6.45, 7) is 5.52. The minimum atomic E-state index is 0.209. The van der Waals surface area contributed by atoms with Gasteiger partial charge >= 0.3 is 0 Å². The van der Waals surface area contributed by atoms with Crippen LogP contribution in [-0.2, 0) is 0 Å². The molecule has 1 rings (SSSR count). The molecule has 3 heteroatoms. The number of rotatable bonds is 2. The first-order chi connectivity index (χ1) is 5.38. The van der Waals surface area contributed by atoms with E-state index in [0.717, 1.165) is 32.5 Å². The first-order valence-corrected chi connectivity index (χ1v) is 4.44. The maximum atomic E-state index is 9.02. The molecule has 1 atom stereocenters. The van der Waals surface area contributed by atoms with Crippen LogP contribution < -0.4 is 5.32 Å². The minimum absolute atomic E-state index is 0.209. The van der Waals surface area contributed by atoms with Crippen LogP contribution in [-0.4, -0.2) is 42.4 Å². The molecule has 1 saturated heterocycles. The van der Waals surface area contributed by atoms with Crippen LogP contribution in [0.25, 0.3) is 0 Å². The van der Waals surface area contributed by atoms with Crippen molar-refractivity contribution in [3.8, 4) is 0 Å². The molecule has 1 aliphatic rings. The second-order valence-electron chi connectivity index (χ2n) is 3.07. The largest absolute Gasteiger partial charge is 0.381 e. The van der Waals surface area contributed by atoms with Gasteiger partial charge in [0.05, 0.1) is 6.73 Å². The lowest BCUT2D eigenvalue weighted by atomic mass is 10.2. The van der Waals surface area contributed by atoms with Gasteiger partial charge in [0.15, 0.2) is 0 Å². The van der Waals surface area contributed by atoms with Gasteiger partial charge in [0.1, 0.15) is 0 Å². The quantitative estimate of drug-likeness (QED) is 0.594. The van der Waals surface area contributed by atoms with Crippen LogP contribution in [0, 0.1) is 0 Å². The lowest BCUT2D eigenvalue weighted by Gasteiger charge is -2.25. The molecule has 0 saturated carbocycles. The Bertz CT molecular complexity index is 96.3. The average Bonchev–Trinajstić information content (AvgIpc) is 2.27. The van der Waals surface area contributed by atoms with Crippen LogP contribution >= 0.6 is 0 Å². The summed E-state index contributed by atoms with van der Waals surface area (Å²) >= 11 is 0. The predicted molar refractivity (Wildman–Crippen MR) is 45.4 cm³/mol. The Hall–Kier alpha value is -0.120. The van der Waals surface area contributed by atoms with Crippen LogP contribution in [0.4, 0.5) is 0 Å². The van der Waals surface area contributed by atoms with Crippen molar-refractivity contribution in [2.75, 3.05) is 26.4 Å². The fourth-order valence-electron chi connectivity index (χ4n) is 1.58. The molecule has 0 aliphatic carbocycles. The highest BCUT2D eigenvalue weighted by atomic mass is 16.3. The third-order valence-electron chi connectivity index (χ3n) is 2.35. The maximum Gasteiger partial charge on any atom is 0.0959 e. The van der Waals surface area contributed by atoms with E-state index in [-0.39, 0.29) is 6.73 Å². The molecule has 3 nitrogen and oxygen atoms in total. The summed E-state index contributed by atoms with van der Waals surface area (Å²) < 4.78 is 0. The third kappa shape index (κ3) is 2.43. The van der Waals surface area contributed by atoms with Crippen molar-refractivity contribution in [3.05, 3.63) is 0 Å². The summed E-state index contributed by atoms with van der Waals surface area (Å²) in [4.78, 5) is 2.14. The van der Waals surface area contributed by atoms with Gasteiger partial charge in [0.2, 0.25) is 0 Å². The molecule has 66 valence electrons.